The Labute approximate surface area is 120 Å². The van der Waals surface area contributed by atoms with Gasteiger partial charge in [-0.2, -0.15) is 0 Å². The quantitative estimate of drug-likeness (QED) is 0.545. The van der Waals surface area contributed by atoms with Crippen LogP contribution in [0.15, 0.2) is 29.2 Å². The lowest BCUT2D eigenvalue weighted by Gasteiger charge is -2.19. The van der Waals surface area contributed by atoms with Gasteiger partial charge in [-0.25, -0.2) is 8.42 Å². The number of ether oxygens (including phenoxy) is 1. The second-order valence-electron chi connectivity index (χ2n) is 4.12. The molecule has 0 radical (unpaired) electrons. The smallest absolute Gasteiger partial charge is 0.178 e. The Balaban J connectivity index is 2.61. The number of halogens is 1. The molecule has 0 N–H and O–H groups in total. The molecule has 0 amide bonds. The fourth-order valence-corrected chi connectivity index (χ4v) is 2.56. The van der Waals surface area contributed by atoms with Gasteiger partial charge in [0, 0.05) is 25.2 Å². The van der Waals surface area contributed by atoms with E-state index in [-0.39, 0.29) is 5.75 Å². The summed E-state index contributed by atoms with van der Waals surface area (Å²) in [6, 6.07) is 6.91. The van der Waals surface area contributed by atoms with E-state index in [1.165, 1.54) is 0 Å². The first-order chi connectivity index (χ1) is 9.01. The molecule has 0 saturated heterocycles. The van der Waals surface area contributed by atoms with Gasteiger partial charge in [-0.05, 0) is 24.3 Å². The third-order valence-electron chi connectivity index (χ3n) is 2.81. The first kappa shape index (κ1) is 16.3. The molecule has 0 atom stereocenters. The molecule has 1 aromatic carbocycles. The van der Waals surface area contributed by atoms with Crippen LogP contribution in [-0.2, 0) is 14.6 Å². The third-order valence-corrected chi connectivity index (χ3v) is 4.71. The van der Waals surface area contributed by atoms with Gasteiger partial charge < -0.3 is 9.64 Å². The van der Waals surface area contributed by atoms with Gasteiger partial charge >= 0.3 is 0 Å². The Hall–Kier alpha value is -0.780. The van der Waals surface area contributed by atoms with Crippen molar-refractivity contribution in [3.8, 4) is 0 Å². The summed E-state index contributed by atoms with van der Waals surface area (Å²) in [6.45, 7) is 3.52. The van der Waals surface area contributed by atoms with Crippen LogP contribution < -0.4 is 4.90 Å². The van der Waals surface area contributed by atoms with E-state index in [9.17, 15) is 8.42 Å². The maximum atomic E-state index is 11.7. The molecule has 0 unspecified atom stereocenters. The Kier molecular flexibility index (Phi) is 6.62. The molecule has 4 nitrogen and oxygen atoms in total. The van der Waals surface area contributed by atoms with E-state index in [2.05, 4.69) is 0 Å². The van der Waals surface area contributed by atoms with Crippen LogP contribution >= 0.6 is 11.6 Å². The number of alkyl halides is 1. The molecule has 0 aromatic heterocycles. The molecule has 19 heavy (non-hydrogen) atoms. The number of sulfone groups is 1. The first-order valence-corrected chi connectivity index (χ1v) is 8.37. The topological polar surface area (TPSA) is 46.6 Å². The minimum absolute atomic E-state index is 0.119. The fraction of sp³-hybridized carbons (Fsp3) is 0.538. The monoisotopic (exact) mass is 305 g/mol. The Morgan fingerprint density at radius 3 is 2.37 bits per heavy atom. The maximum absolute atomic E-state index is 11.7. The summed E-state index contributed by atoms with van der Waals surface area (Å²) in [7, 11) is -1.18. The van der Waals surface area contributed by atoms with E-state index in [4.69, 9.17) is 16.3 Å². The molecular formula is C13H20ClNO3S. The fourth-order valence-electron chi connectivity index (χ4n) is 1.56. The second kappa shape index (κ2) is 7.72. The molecule has 0 aliphatic rings. The molecule has 1 rings (SSSR count). The molecule has 6 heteroatoms. The maximum Gasteiger partial charge on any atom is 0.178 e. The van der Waals surface area contributed by atoms with Crippen LogP contribution in [0, 0.1) is 0 Å². The van der Waals surface area contributed by atoms with Crippen molar-refractivity contribution in [1.82, 2.24) is 0 Å². The zero-order valence-corrected chi connectivity index (χ0v) is 12.9. The molecule has 0 spiro atoms. The Morgan fingerprint density at radius 2 is 1.84 bits per heavy atom. The second-order valence-corrected chi connectivity index (χ2v) is 6.78. The van der Waals surface area contributed by atoms with Crippen LogP contribution in [0.4, 0.5) is 5.69 Å². The highest BCUT2D eigenvalue weighted by Gasteiger charge is 2.11. The van der Waals surface area contributed by atoms with Crippen molar-refractivity contribution in [3.63, 3.8) is 0 Å². The van der Waals surface area contributed by atoms with Gasteiger partial charge in [-0.3, -0.25) is 0 Å². The number of anilines is 1. The van der Waals surface area contributed by atoms with Crippen molar-refractivity contribution in [1.29, 1.82) is 0 Å². The molecule has 1 aromatic rings. The van der Waals surface area contributed by atoms with Crippen molar-refractivity contribution in [3.05, 3.63) is 24.3 Å². The van der Waals surface area contributed by atoms with Crippen LogP contribution in [0.5, 0.6) is 0 Å². The number of hydrogen-bond acceptors (Lipinski definition) is 4. The highest BCUT2D eigenvalue weighted by molar-refractivity contribution is 7.91. The lowest BCUT2D eigenvalue weighted by atomic mass is 10.3. The van der Waals surface area contributed by atoms with Gasteiger partial charge in [0.15, 0.2) is 9.84 Å². The number of benzene rings is 1. The molecule has 0 saturated carbocycles. The molecule has 108 valence electrons. The van der Waals surface area contributed by atoms with Crippen molar-refractivity contribution >= 4 is 27.1 Å². The van der Waals surface area contributed by atoms with E-state index in [0.717, 1.165) is 12.2 Å². The van der Waals surface area contributed by atoms with Gasteiger partial charge in [0.25, 0.3) is 0 Å². The largest absolute Gasteiger partial charge is 0.378 e. The molecule has 0 fully saturated rings. The van der Waals surface area contributed by atoms with Crippen molar-refractivity contribution in [2.75, 3.05) is 43.3 Å². The van der Waals surface area contributed by atoms with Crippen LogP contribution in [0.2, 0.25) is 0 Å². The molecule has 0 aliphatic carbocycles. The van der Waals surface area contributed by atoms with E-state index in [1.807, 2.05) is 24.1 Å². The van der Waals surface area contributed by atoms with Gasteiger partial charge in [-0.15, -0.1) is 11.6 Å². The van der Waals surface area contributed by atoms with E-state index >= 15 is 0 Å². The summed E-state index contributed by atoms with van der Waals surface area (Å²) in [5.41, 5.74) is 0.963. The van der Waals surface area contributed by atoms with Crippen molar-refractivity contribution in [2.24, 2.45) is 0 Å². The van der Waals surface area contributed by atoms with Crippen molar-refractivity contribution in [2.45, 2.75) is 11.8 Å². The minimum atomic E-state index is -3.12. The van der Waals surface area contributed by atoms with Crippen molar-refractivity contribution < 1.29 is 13.2 Å². The highest BCUT2D eigenvalue weighted by atomic mass is 35.5. The number of rotatable bonds is 8. The predicted octanol–water partition coefficient (Wildman–Crippen LogP) is 2.17. The Bertz CT molecular complexity index is 473. The van der Waals surface area contributed by atoms with Crippen LogP contribution in [-0.4, -0.2) is 46.9 Å². The lowest BCUT2D eigenvalue weighted by molar-refractivity contribution is 0.156. The normalized spacial score (nSPS) is 11.5. The number of hydrogen-bond donors (Lipinski definition) is 0. The predicted molar refractivity (Wildman–Crippen MR) is 79.0 cm³/mol. The van der Waals surface area contributed by atoms with Crippen LogP contribution in [0.1, 0.15) is 6.92 Å². The average Bonchev–Trinajstić information content (AvgIpc) is 2.43. The number of likely N-dealkylation sites (N-methyl/N-ethyl adjacent to an activating group) is 1. The van der Waals surface area contributed by atoms with Gasteiger partial charge in [-0.1, -0.05) is 6.92 Å². The summed E-state index contributed by atoms with van der Waals surface area (Å²) in [5, 5.41) is 0. The Morgan fingerprint density at radius 1 is 1.21 bits per heavy atom. The number of nitrogens with zero attached hydrogens (tertiary/aromatic N) is 1. The van der Waals surface area contributed by atoms with Crippen LogP contribution in [0.3, 0.4) is 0 Å². The third kappa shape index (κ3) is 5.01. The summed E-state index contributed by atoms with van der Waals surface area (Å²) in [4.78, 5) is 2.38. The van der Waals surface area contributed by atoms with E-state index in [1.54, 1.807) is 19.1 Å². The van der Waals surface area contributed by atoms with E-state index in [0.29, 0.717) is 24.0 Å². The average molecular weight is 306 g/mol. The molecule has 0 heterocycles. The highest BCUT2D eigenvalue weighted by Crippen LogP contribution is 2.17. The van der Waals surface area contributed by atoms with Gasteiger partial charge in [0.2, 0.25) is 0 Å². The van der Waals surface area contributed by atoms with Crippen LogP contribution in [0.25, 0.3) is 0 Å². The molecule has 0 bridgehead atoms. The van der Waals surface area contributed by atoms with Gasteiger partial charge in [0.05, 0.1) is 23.9 Å². The zero-order chi connectivity index (χ0) is 14.3. The SMILES string of the molecule is CCS(=O)(=O)c1ccc(N(C)CCOCCCl)cc1. The molecular weight excluding hydrogens is 286 g/mol. The first-order valence-electron chi connectivity index (χ1n) is 6.19. The summed E-state index contributed by atoms with van der Waals surface area (Å²) >= 11 is 5.51. The van der Waals surface area contributed by atoms with E-state index < -0.39 is 9.84 Å². The van der Waals surface area contributed by atoms with Gasteiger partial charge in [0.1, 0.15) is 0 Å². The molecule has 0 aliphatic heterocycles. The minimum Gasteiger partial charge on any atom is -0.378 e. The lowest BCUT2D eigenvalue weighted by Crippen LogP contribution is -2.22. The summed E-state index contributed by atoms with van der Waals surface area (Å²) in [5.74, 6) is 0.613. The summed E-state index contributed by atoms with van der Waals surface area (Å²) in [6.07, 6.45) is 0. The standard InChI is InChI=1S/C13H20ClNO3S/c1-3-19(16,17)13-6-4-12(5-7-13)15(2)9-11-18-10-8-14/h4-7H,3,8-11H2,1-2H3. The summed E-state index contributed by atoms with van der Waals surface area (Å²) < 4.78 is 28.7. The zero-order valence-electron chi connectivity index (χ0n) is 11.3.